The minimum atomic E-state index is -0.813. The molecule has 0 saturated carbocycles. The molecule has 0 radical (unpaired) electrons. The third kappa shape index (κ3) is 8.29. The molecule has 2 N–H and O–H groups in total. The van der Waals surface area contributed by atoms with Gasteiger partial charge in [-0.15, -0.1) is 20.3 Å². The quantitative estimate of drug-likeness (QED) is 0.313. The van der Waals surface area contributed by atoms with E-state index in [-0.39, 0.29) is 18.4 Å². The second-order valence-corrected chi connectivity index (χ2v) is 8.54. The number of ether oxygens (including phenoxy) is 3. The van der Waals surface area contributed by atoms with E-state index in [9.17, 15) is 9.59 Å². The number of methoxy groups -OCH3 is 3. The van der Waals surface area contributed by atoms with Gasteiger partial charge < -0.3 is 24.8 Å². The van der Waals surface area contributed by atoms with Gasteiger partial charge in [-0.3, -0.25) is 4.79 Å². The van der Waals surface area contributed by atoms with E-state index in [0.29, 0.717) is 13.2 Å². The molecular formula is C11H24N2O5P2S. The van der Waals surface area contributed by atoms with Crippen molar-refractivity contribution in [3.8, 4) is 0 Å². The van der Waals surface area contributed by atoms with E-state index in [1.807, 2.05) is 0 Å². The lowest BCUT2D eigenvalue weighted by Crippen LogP contribution is -2.51. The lowest BCUT2D eigenvalue weighted by atomic mass is 10.2. The van der Waals surface area contributed by atoms with Crippen LogP contribution in [0.15, 0.2) is 0 Å². The van der Waals surface area contributed by atoms with E-state index < -0.39 is 18.3 Å². The molecule has 0 aliphatic carbocycles. The van der Waals surface area contributed by atoms with Crippen LogP contribution in [-0.4, -0.2) is 64.4 Å². The molecule has 0 spiro atoms. The van der Waals surface area contributed by atoms with Gasteiger partial charge in [-0.1, -0.05) is 0 Å². The fraction of sp³-hybridized carbons (Fsp3) is 0.818. The predicted molar refractivity (Wildman–Crippen MR) is 89.7 cm³/mol. The normalized spacial score (nSPS) is 14.4. The molecule has 0 heterocycles. The smallest absolute Gasteiger partial charge is 0.328 e. The largest absolute Gasteiger partial charge is 0.467 e. The molecule has 1 amide bonds. The third-order valence-corrected chi connectivity index (χ3v) is 5.92. The van der Waals surface area contributed by atoms with Crippen LogP contribution < -0.4 is 10.6 Å². The van der Waals surface area contributed by atoms with Gasteiger partial charge in [-0.2, -0.15) is 0 Å². The number of hydrogen-bond acceptors (Lipinski definition) is 7. The summed E-state index contributed by atoms with van der Waals surface area (Å²) in [6.45, 7) is 0. The Labute approximate surface area is 133 Å². The average Bonchev–Trinajstić information content (AvgIpc) is 2.51. The molecule has 0 bridgehead atoms. The average molecular weight is 358 g/mol. The van der Waals surface area contributed by atoms with E-state index in [1.165, 1.54) is 21.3 Å². The highest BCUT2D eigenvalue weighted by Gasteiger charge is 2.28. The molecule has 0 aromatic rings. The van der Waals surface area contributed by atoms with Crippen molar-refractivity contribution in [1.82, 2.24) is 10.6 Å². The highest BCUT2D eigenvalue weighted by molar-refractivity contribution is 8.64. The Morgan fingerprint density at radius 3 is 2.29 bits per heavy atom. The number of rotatable bonds is 11. The second kappa shape index (κ2) is 12.6. The van der Waals surface area contributed by atoms with Crippen molar-refractivity contribution in [2.45, 2.75) is 24.8 Å². The third-order valence-electron chi connectivity index (χ3n) is 2.75. The van der Waals surface area contributed by atoms with Crippen LogP contribution in [0.3, 0.4) is 0 Å². The molecule has 0 aromatic heterocycles. The van der Waals surface area contributed by atoms with Crippen molar-refractivity contribution in [2.75, 3.05) is 34.1 Å². The zero-order valence-corrected chi connectivity index (χ0v) is 15.6. The molecule has 0 rings (SSSR count). The summed E-state index contributed by atoms with van der Waals surface area (Å²) >= 11 is 1.64. The van der Waals surface area contributed by atoms with E-state index >= 15 is 0 Å². The summed E-state index contributed by atoms with van der Waals surface area (Å²) in [5, 5.41) is 5.60. The maximum Gasteiger partial charge on any atom is 0.328 e. The first-order chi connectivity index (χ1) is 10.0. The topological polar surface area (TPSA) is 85.9 Å². The van der Waals surface area contributed by atoms with Crippen LogP contribution in [0.5, 0.6) is 0 Å². The predicted octanol–water partition coefficient (Wildman–Crippen LogP) is 0.358. The molecule has 124 valence electrons. The molecule has 0 fully saturated rings. The summed E-state index contributed by atoms with van der Waals surface area (Å²) in [6.07, 6.45) is -0.411. The molecule has 21 heavy (non-hydrogen) atoms. The van der Waals surface area contributed by atoms with Gasteiger partial charge in [0.05, 0.1) is 13.2 Å². The van der Waals surface area contributed by atoms with Gasteiger partial charge in [-0.05, 0) is 14.5 Å². The number of carbonyl (C=O) groups is 2. The summed E-state index contributed by atoms with van der Waals surface area (Å²) in [7, 11) is 9.15. The summed E-state index contributed by atoms with van der Waals surface area (Å²) in [5.41, 5.74) is 0. The highest BCUT2D eigenvalue weighted by atomic mass is 32.9. The molecule has 10 heteroatoms. The number of amides is 1. The first kappa shape index (κ1) is 21.0. The summed E-state index contributed by atoms with van der Waals surface area (Å²) in [5.74, 6) is -0.164. The lowest BCUT2D eigenvalue weighted by Gasteiger charge is -2.23. The van der Waals surface area contributed by atoms with Gasteiger partial charge in [0, 0.05) is 26.4 Å². The van der Waals surface area contributed by atoms with Crippen LogP contribution in [0.2, 0.25) is 0 Å². The molecule has 0 aliphatic rings. The Kier molecular flexibility index (Phi) is 12.6. The molecule has 7 nitrogen and oxygen atoms in total. The van der Waals surface area contributed by atoms with Gasteiger partial charge in [0.1, 0.15) is 6.04 Å². The minimum Gasteiger partial charge on any atom is -0.467 e. The number of nitrogens with one attached hydrogen (secondary N) is 2. The maximum atomic E-state index is 12.2. The van der Waals surface area contributed by atoms with Crippen LogP contribution in [0, 0.1) is 0 Å². The van der Waals surface area contributed by atoms with Crippen molar-refractivity contribution in [3.63, 3.8) is 0 Å². The SMILES string of the molecule is CNC(CSPP)C(=O)N[C@@H](CC(OC)OC)C(=O)OC. The van der Waals surface area contributed by atoms with E-state index in [1.54, 1.807) is 18.4 Å². The Bertz CT molecular complexity index is 321. The lowest BCUT2D eigenvalue weighted by molar-refractivity contribution is -0.152. The second-order valence-electron chi connectivity index (χ2n) is 3.99. The summed E-state index contributed by atoms with van der Waals surface area (Å²) in [6, 6.07) is -1.19. The Morgan fingerprint density at radius 1 is 1.24 bits per heavy atom. The van der Waals surface area contributed by atoms with Crippen molar-refractivity contribution >= 4 is 39.7 Å². The Balaban J connectivity index is 4.70. The zero-order valence-electron chi connectivity index (χ0n) is 12.7. The number of likely N-dealkylation sites (N-methyl/N-ethyl adjacent to an activating group) is 1. The molecule has 0 saturated heterocycles. The number of carbonyl (C=O) groups excluding carboxylic acids is 2. The number of esters is 1. The summed E-state index contributed by atoms with van der Waals surface area (Å²) in [4.78, 5) is 24.0. The molecular weight excluding hydrogens is 334 g/mol. The fourth-order valence-electron chi connectivity index (χ4n) is 1.53. The standard InChI is InChI=1S/C11H24N2O5P2S/c1-12-8(6-21-20-19)10(14)13-7(11(15)18-4)5-9(16-2)17-3/h7-9,12,20H,5-6,19H2,1-4H3,(H,13,14)/t7-,8?/m0/s1. The van der Waals surface area contributed by atoms with E-state index in [4.69, 9.17) is 14.2 Å². The molecule has 3 unspecified atom stereocenters. The molecule has 0 aliphatic heterocycles. The van der Waals surface area contributed by atoms with Crippen LogP contribution in [-0.2, 0) is 23.8 Å². The van der Waals surface area contributed by atoms with Gasteiger partial charge in [0.2, 0.25) is 5.91 Å². The van der Waals surface area contributed by atoms with Crippen molar-refractivity contribution in [1.29, 1.82) is 0 Å². The Morgan fingerprint density at radius 2 is 1.86 bits per heavy atom. The van der Waals surface area contributed by atoms with Crippen LogP contribution in [0.25, 0.3) is 0 Å². The van der Waals surface area contributed by atoms with Crippen LogP contribution >= 0.6 is 27.8 Å². The number of hydrogen-bond donors (Lipinski definition) is 2. The van der Waals surface area contributed by atoms with Gasteiger partial charge in [-0.25, -0.2) is 4.79 Å². The summed E-state index contributed by atoms with van der Waals surface area (Å²) < 4.78 is 14.8. The highest BCUT2D eigenvalue weighted by Crippen LogP contribution is 2.36. The fourth-order valence-corrected chi connectivity index (χ4v) is 3.77. The maximum absolute atomic E-state index is 12.2. The molecule has 0 aromatic carbocycles. The first-order valence-corrected chi connectivity index (χ1v) is 10.7. The van der Waals surface area contributed by atoms with Crippen LogP contribution in [0.4, 0.5) is 0 Å². The van der Waals surface area contributed by atoms with Gasteiger partial charge in [0.25, 0.3) is 0 Å². The zero-order chi connectivity index (χ0) is 16.3. The van der Waals surface area contributed by atoms with Gasteiger partial charge >= 0.3 is 5.97 Å². The Hall–Kier alpha value is 0.0300. The van der Waals surface area contributed by atoms with Crippen molar-refractivity contribution in [2.24, 2.45) is 0 Å². The van der Waals surface area contributed by atoms with Crippen LogP contribution in [0.1, 0.15) is 6.42 Å². The van der Waals surface area contributed by atoms with E-state index in [0.717, 1.165) is 0 Å². The van der Waals surface area contributed by atoms with Crippen molar-refractivity contribution < 1.29 is 23.8 Å². The minimum absolute atomic E-state index is 0.181. The van der Waals surface area contributed by atoms with E-state index in [2.05, 4.69) is 19.6 Å². The monoisotopic (exact) mass is 358 g/mol. The first-order valence-electron chi connectivity index (χ1n) is 6.22. The molecule has 4 atom stereocenters. The van der Waals surface area contributed by atoms with Gasteiger partial charge in [0.15, 0.2) is 6.29 Å². The van der Waals surface area contributed by atoms with Crippen molar-refractivity contribution in [3.05, 3.63) is 0 Å².